The third-order valence-corrected chi connectivity index (χ3v) is 3.44. The van der Waals surface area contributed by atoms with Gasteiger partial charge in [0.2, 0.25) is 11.7 Å². The quantitative estimate of drug-likeness (QED) is 0.758. The van der Waals surface area contributed by atoms with Gasteiger partial charge in [-0.1, -0.05) is 0 Å². The molecule has 8 heteroatoms. The monoisotopic (exact) mass is 317 g/mol. The minimum atomic E-state index is -0.739. The lowest BCUT2D eigenvalue weighted by Crippen LogP contribution is -2.35. The largest absolute Gasteiger partial charge is 0.452 e. The highest BCUT2D eigenvalue weighted by Gasteiger charge is 2.27. The Hall–Kier alpha value is -2.90. The first-order valence-electron chi connectivity index (χ1n) is 7.20. The molecule has 2 aromatic rings. The van der Waals surface area contributed by atoms with Gasteiger partial charge in [0.1, 0.15) is 5.76 Å². The zero-order valence-electron chi connectivity index (χ0n) is 12.3. The first-order chi connectivity index (χ1) is 11.1. The maximum Gasteiger partial charge on any atom is 0.374 e. The Morgan fingerprint density at radius 1 is 1.35 bits per heavy atom. The Morgan fingerprint density at radius 3 is 2.91 bits per heavy atom. The van der Waals surface area contributed by atoms with Crippen molar-refractivity contribution >= 4 is 17.8 Å². The number of esters is 1. The van der Waals surface area contributed by atoms with Crippen LogP contribution >= 0.6 is 0 Å². The number of hydrogen-bond acceptors (Lipinski definition) is 6. The molecule has 3 heterocycles. The van der Waals surface area contributed by atoms with Crippen LogP contribution in [-0.2, 0) is 20.9 Å². The van der Waals surface area contributed by atoms with Crippen molar-refractivity contribution in [3.63, 3.8) is 0 Å². The number of hydrogen-bond donors (Lipinski definition) is 0. The summed E-state index contributed by atoms with van der Waals surface area (Å²) < 4.78 is 11.9. The Labute approximate surface area is 131 Å². The van der Waals surface area contributed by atoms with Gasteiger partial charge in [-0.05, 0) is 24.6 Å². The minimum Gasteiger partial charge on any atom is -0.452 e. The molecule has 2 amide bonds. The predicted octanol–water partition coefficient (Wildman–Crippen LogP) is 0.830. The molecule has 0 saturated carbocycles. The van der Waals surface area contributed by atoms with Crippen LogP contribution in [-0.4, -0.2) is 45.6 Å². The average molecular weight is 317 g/mol. The van der Waals surface area contributed by atoms with Gasteiger partial charge in [0, 0.05) is 25.4 Å². The van der Waals surface area contributed by atoms with Crippen LogP contribution in [0.4, 0.5) is 0 Å². The summed E-state index contributed by atoms with van der Waals surface area (Å²) in [7, 11) is 0. The van der Waals surface area contributed by atoms with Crippen molar-refractivity contribution in [1.29, 1.82) is 0 Å². The molecule has 1 aliphatic rings. The summed E-state index contributed by atoms with van der Waals surface area (Å²) in [5.74, 6) is -0.930. The molecule has 0 N–H and O–H groups in total. The van der Waals surface area contributed by atoms with Gasteiger partial charge in [0.25, 0.3) is 5.91 Å². The van der Waals surface area contributed by atoms with E-state index in [4.69, 9.17) is 9.15 Å². The van der Waals surface area contributed by atoms with Crippen LogP contribution in [0.1, 0.15) is 29.2 Å². The molecule has 0 radical (unpaired) electrons. The first kappa shape index (κ1) is 15.0. The number of likely N-dealkylation sites (tertiary alicyclic amines) is 1. The molecule has 23 heavy (non-hydrogen) atoms. The fraction of sp³-hybridized carbons (Fsp3) is 0.333. The molecule has 8 nitrogen and oxygen atoms in total. The molecule has 0 aromatic carbocycles. The van der Waals surface area contributed by atoms with E-state index in [1.807, 2.05) is 0 Å². The van der Waals surface area contributed by atoms with Gasteiger partial charge in [-0.2, -0.15) is 5.10 Å². The number of amides is 2. The molecule has 0 aliphatic carbocycles. The van der Waals surface area contributed by atoms with Gasteiger partial charge in [0.15, 0.2) is 6.61 Å². The fourth-order valence-corrected chi connectivity index (χ4v) is 2.31. The van der Waals surface area contributed by atoms with Crippen LogP contribution in [0.15, 0.2) is 35.0 Å². The molecule has 1 saturated heterocycles. The molecule has 2 aromatic heterocycles. The molecule has 3 rings (SSSR count). The number of carbonyl (C=O) groups excluding carboxylic acids is 3. The third-order valence-electron chi connectivity index (χ3n) is 3.44. The molecule has 0 spiro atoms. The SMILES string of the molecule is O=C(OCC(=O)N1CCCC1=O)c1ccc(Cn2cccn2)o1. The second-order valence-electron chi connectivity index (χ2n) is 5.09. The number of ether oxygens (including phenoxy) is 1. The summed E-state index contributed by atoms with van der Waals surface area (Å²) in [6.07, 6.45) is 4.41. The van der Waals surface area contributed by atoms with Crippen LogP contribution in [0.2, 0.25) is 0 Å². The van der Waals surface area contributed by atoms with Gasteiger partial charge >= 0.3 is 5.97 Å². The minimum absolute atomic E-state index is 0.00713. The van der Waals surface area contributed by atoms with Crippen LogP contribution < -0.4 is 0 Å². The highest BCUT2D eigenvalue weighted by atomic mass is 16.5. The molecule has 1 aliphatic heterocycles. The highest BCUT2D eigenvalue weighted by Crippen LogP contribution is 2.12. The van der Waals surface area contributed by atoms with Crippen molar-refractivity contribution in [2.24, 2.45) is 0 Å². The standard InChI is InChI=1S/C15H15N3O5/c19-13-3-1-8-18(13)14(20)10-22-15(21)12-5-4-11(23-12)9-17-7-2-6-16-17/h2,4-7H,1,3,8-10H2. The second-order valence-corrected chi connectivity index (χ2v) is 5.09. The zero-order chi connectivity index (χ0) is 16.2. The normalized spacial score (nSPS) is 14.3. The number of rotatable bonds is 5. The van der Waals surface area contributed by atoms with Crippen molar-refractivity contribution in [1.82, 2.24) is 14.7 Å². The lowest BCUT2D eigenvalue weighted by Gasteiger charge is -2.12. The van der Waals surface area contributed by atoms with E-state index >= 15 is 0 Å². The van der Waals surface area contributed by atoms with E-state index in [-0.39, 0.29) is 11.7 Å². The molecular weight excluding hydrogens is 302 g/mol. The summed E-state index contributed by atoms with van der Waals surface area (Å²) in [6, 6.07) is 4.90. The second kappa shape index (κ2) is 6.47. The van der Waals surface area contributed by atoms with Gasteiger partial charge < -0.3 is 9.15 Å². The zero-order valence-corrected chi connectivity index (χ0v) is 12.3. The van der Waals surface area contributed by atoms with Crippen LogP contribution in [0.25, 0.3) is 0 Å². The molecule has 0 bridgehead atoms. The van der Waals surface area contributed by atoms with E-state index < -0.39 is 18.5 Å². The van der Waals surface area contributed by atoms with E-state index in [2.05, 4.69) is 5.10 Å². The van der Waals surface area contributed by atoms with Gasteiger partial charge in [0.05, 0.1) is 6.54 Å². The van der Waals surface area contributed by atoms with Crippen molar-refractivity contribution in [2.45, 2.75) is 19.4 Å². The number of nitrogens with zero attached hydrogens (tertiary/aromatic N) is 3. The van der Waals surface area contributed by atoms with Gasteiger partial charge in [-0.25, -0.2) is 4.79 Å². The molecule has 1 fully saturated rings. The Kier molecular flexibility index (Phi) is 4.22. The molecule has 120 valence electrons. The number of aromatic nitrogens is 2. The van der Waals surface area contributed by atoms with E-state index in [9.17, 15) is 14.4 Å². The number of carbonyl (C=O) groups is 3. The third kappa shape index (κ3) is 3.47. The van der Waals surface area contributed by atoms with E-state index in [1.165, 1.54) is 6.07 Å². The van der Waals surface area contributed by atoms with Crippen molar-refractivity contribution in [3.05, 3.63) is 42.1 Å². The van der Waals surface area contributed by atoms with Gasteiger partial charge in [-0.3, -0.25) is 19.2 Å². The van der Waals surface area contributed by atoms with E-state index in [0.29, 0.717) is 31.7 Å². The Balaban J connectivity index is 1.53. The smallest absolute Gasteiger partial charge is 0.374 e. The summed E-state index contributed by atoms with van der Waals surface area (Å²) >= 11 is 0. The lowest BCUT2D eigenvalue weighted by atomic mass is 10.4. The maximum absolute atomic E-state index is 11.9. The van der Waals surface area contributed by atoms with Crippen LogP contribution in [0.5, 0.6) is 0 Å². The summed E-state index contributed by atoms with van der Waals surface area (Å²) in [5.41, 5.74) is 0. The lowest BCUT2D eigenvalue weighted by molar-refractivity contribution is -0.143. The predicted molar refractivity (Wildman–Crippen MR) is 76.3 cm³/mol. The summed E-state index contributed by atoms with van der Waals surface area (Å²) in [6.45, 7) is 0.297. The van der Waals surface area contributed by atoms with E-state index in [1.54, 1.807) is 29.2 Å². The fourth-order valence-electron chi connectivity index (χ4n) is 2.31. The highest BCUT2D eigenvalue weighted by molar-refractivity contribution is 5.98. The maximum atomic E-state index is 11.9. The summed E-state index contributed by atoms with van der Waals surface area (Å²) in [5, 5.41) is 4.03. The Morgan fingerprint density at radius 2 is 2.22 bits per heavy atom. The summed E-state index contributed by atoms with van der Waals surface area (Å²) in [4.78, 5) is 36.2. The van der Waals surface area contributed by atoms with Crippen molar-refractivity contribution in [3.8, 4) is 0 Å². The van der Waals surface area contributed by atoms with E-state index in [0.717, 1.165) is 4.90 Å². The van der Waals surface area contributed by atoms with Gasteiger partial charge in [-0.15, -0.1) is 0 Å². The molecule has 0 unspecified atom stereocenters. The Bertz CT molecular complexity index is 719. The van der Waals surface area contributed by atoms with Crippen LogP contribution in [0.3, 0.4) is 0 Å². The molecular formula is C15H15N3O5. The average Bonchev–Trinajstić information content (AvgIpc) is 3.27. The van der Waals surface area contributed by atoms with Crippen molar-refractivity contribution < 1.29 is 23.5 Å². The number of imide groups is 1. The first-order valence-corrected chi connectivity index (χ1v) is 7.20. The molecule has 0 atom stereocenters. The van der Waals surface area contributed by atoms with Crippen molar-refractivity contribution in [2.75, 3.05) is 13.2 Å². The number of furan rings is 1. The topological polar surface area (TPSA) is 94.6 Å². The van der Waals surface area contributed by atoms with Crippen LogP contribution in [0, 0.1) is 0 Å².